The van der Waals surface area contributed by atoms with Crippen LogP contribution in [-0.2, 0) is 11.3 Å². The summed E-state index contributed by atoms with van der Waals surface area (Å²) in [6.07, 6.45) is 0.891. The van der Waals surface area contributed by atoms with Crippen molar-refractivity contribution in [2.24, 2.45) is 4.99 Å². The van der Waals surface area contributed by atoms with Gasteiger partial charge in [-0.25, -0.2) is 4.79 Å². The van der Waals surface area contributed by atoms with E-state index in [0.29, 0.717) is 11.6 Å². The Morgan fingerprint density at radius 2 is 2.00 bits per heavy atom. The standard InChI is InChI=1S/C14H18ClN3O3S/c1-9(19)7-12(20)17-14(22-2)18-13(21)16-8-10-3-5-11(15)6-4-10/h3-6,9,19H,7-8H2,1-2H3,(H2,16,17,18,20,21). The second-order valence-electron chi connectivity index (χ2n) is 4.51. The molecule has 22 heavy (non-hydrogen) atoms. The second kappa shape index (κ2) is 9.45. The molecule has 0 spiro atoms. The van der Waals surface area contributed by atoms with Gasteiger partial charge in [-0.15, -0.1) is 0 Å². The maximum atomic E-state index is 11.7. The van der Waals surface area contributed by atoms with Crippen LogP contribution in [0.15, 0.2) is 29.3 Å². The highest BCUT2D eigenvalue weighted by atomic mass is 35.5. The molecule has 0 bridgehead atoms. The highest BCUT2D eigenvalue weighted by Crippen LogP contribution is 2.09. The van der Waals surface area contributed by atoms with Crippen molar-refractivity contribution in [2.45, 2.75) is 26.0 Å². The number of amidine groups is 1. The lowest BCUT2D eigenvalue weighted by atomic mass is 10.2. The van der Waals surface area contributed by atoms with Crippen LogP contribution in [0, 0.1) is 0 Å². The Labute approximate surface area is 138 Å². The van der Waals surface area contributed by atoms with Gasteiger partial charge < -0.3 is 15.7 Å². The molecule has 1 aromatic carbocycles. The first-order valence-electron chi connectivity index (χ1n) is 6.53. The number of hydrogen-bond donors (Lipinski definition) is 3. The van der Waals surface area contributed by atoms with E-state index in [1.807, 2.05) is 0 Å². The summed E-state index contributed by atoms with van der Waals surface area (Å²) in [6.45, 7) is 1.82. The van der Waals surface area contributed by atoms with Gasteiger partial charge in [0.05, 0.1) is 12.5 Å². The molecule has 0 aliphatic heterocycles. The van der Waals surface area contributed by atoms with E-state index in [2.05, 4.69) is 15.6 Å². The molecule has 1 rings (SSSR count). The number of halogens is 1. The Hall–Kier alpha value is -1.57. The highest BCUT2D eigenvalue weighted by Gasteiger charge is 2.10. The Morgan fingerprint density at radius 3 is 2.55 bits per heavy atom. The molecule has 0 aliphatic carbocycles. The van der Waals surface area contributed by atoms with Crippen molar-refractivity contribution in [1.82, 2.24) is 10.6 Å². The van der Waals surface area contributed by atoms with Gasteiger partial charge in [0.15, 0.2) is 5.17 Å². The zero-order valence-corrected chi connectivity index (χ0v) is 13.9. The minimum absolute atomic E-state index is 0.0496. The van der Waals surface area contributed by atoms with Crippen LogP contribution in [0.4, 0.5) is 4.79 Å². The van der Waals surface area contributed by atoms with Gasteiger partial charge in [0, 0.05) is 11.6 Å². The molecule has 1 unspecified atom stereocenters. The summed E-state index contributed by atoms with van der Waals surface area (Å²) in [5.41, 5.74) is 0.886. The zero-order chi connectivity index (χ0) is 16.5. The van der Waals surface area contributed by atoms with Gasteiger partial charge in [-0.05, 0) is 30.9 Å². The largest absolute Gasteiger partial charge is 0.393 e. The maximum Gasteiger partial charge on any atom is 0.343 e. The molecule has 0 saturated carbocycles. The number of aliphatic hydroxyl groups is 1. The molecule has 0 saturated heterocycles. The minimum Gasteiger partial charge on any atom is -0.393 e. The van der Waals surface area contributed by atoms with Crippen LogP contribution in [0.2, 0.25) is 5.02 Å². The third-order valence-electron chi connectivity index (χ3n) is 2.48. The molecule has 6 nitrogen and oxygen atoms in total. The molecular weight excluding hydrogens is 326 g/mol. The fraction of sp³-hybridized carbons (Fsp3) is 0.357. The van der Waals surface area contributed by atoms with Crippen LogP contribution in [0.5, 0.6) is 0 Å². The number of carbonyl (C=O) groups excluding carboxylic acids is 2. The monoisotopic (exact) mass is 343 g/mol. The number of thioether (sulfide) groups is 1. The summed E-state index contributed by atoms with van der Waals surface area (Å²) in [6, 6.07) is 6.50. The number of nitrogens with zero attached hydrogens (tertiary/aromatic N) is 1. The van der Waals surface area contributed by atoms with Crippen molar-refractivity contribution in [2.75, 3.05) is 6.26 Å². The number of carbonyl (C=O) groups is 2. The number of nitrogens with one attached hydrogen (secondary N) is 2. The number of aliphatic imine (C=N–C) groups is 1. The summed E-state index contributed by atoms with van der Waals surface area (Å²) in [5.74, 6) is -0.395. The van der Waals surface area contributed by atoms with E-state index in [0.717, 1.165) is 17.3 Å². The van der Waals surface area contributed by atoms with Crippen molar-refractivity contribution in [3.05, 3.63) is 34.9 Å². The van der Waals surface area contributed by atoms with Crippen LogP contribution < -0.4 is 10.6 Å². The molecule has 0 heterocycles. The van der Waals surface area contributed by atoms with Gasteiger partial charge >= 0.3 is 6.03 Å². The summed E-state index contributed by atoms with van der Waals surface area (Å²) >= 11 is 6.91. The van der Waals surface area contributed by atoms with E-state index in [-0.39, 0.29) is 11.6 Å². The van der Waals surface area contributed by atoms with Gasteiger partial charge in [-0.3, -0.25) is 4.79 Å². The van der Waals surface area contributed by atoms with E-state index in [4.69, 9.17) is 16.7 Å². The first-order valence-corrected chi connectivity index (χ1v) is 8.14. The van der Waals surface area contributed by atoms with E-state index >= 15 is 0 Å². The summed E-state index contributed by atoms with van der Waals surface area (Å²) in [5, 5.41) is 15.0. The first kappa shape index (κ1) is 18.5. The fourth-order valence-corrected chi connectivity index (χ4v) is 1.99. The molecule has 0 fully saturated rings. The Balaban J connectivity index is 2.51. The molecule has 3 amide bonds. The molecular formula is C14H18ClN3O3S. The van der Waals surface area contributed by atoms with Crippen molar-refractivity contribution in [3.63, 3.8) is 0 Å². The molecule has 1 atom stereocenters. The van der Waals surface area contributed by atoms with E-state index in [1.165, 1.54) is 6.92 Å². The van der Waals surface area contributed by atoms with Crippen LogP contribution >= 0.6 is 23.4 Å². The average Bonchev–Trinajstić information content (AvgIpc) is 2.45. The Morgan fingerprint density at radius 1 is 1.36 bits per heavy atom. The fourth-order valence-electron chi connectivity index (χ4n) is 1.47. The molecule has 120 valence electrons. The SMILES string of the molecule is CSC(=NC(=O)NCc1ccc(Cl)cc1)NC(=O)CC(C)O. The zero-order valence-electron chi connectivity index (χ0n) is 12.3. The van der Waals surface area contributed by atoms with Crippen molar-refractivity contribution >= 4 is 40.5 Å². The van der Waals surface area contributed by atoms with Crippen molar-refractivity contribution in [3.8, 4) is 0 Å². The predicted molar refractivity (Wildman–Crippen MR) is 89.1 cm³/mol. The lowest BCUT2D eigenvalue weighted by Gasteiger charge is -2.08. The summed E-state index contributed by atoms with van der Waals surface area (Å²) in [4.78, 5) is 27.0. The average molecular weight is 344 g/mol. The van der Waals surface area contributed by atoms with Gasteiger partial charge in [-0.2, -0.15) is 4.99 Å². The van der Waals surface area contributed by atoms with E-state index in [9.17, 15) is 9.59 Å². The van der Waals surface area contributed by atoms with E-state index in [1.54, 1.807) is 30.5 Å². The molecule has 0 aromatic heterocycles. The van der Waals surface area contributed by atoms with Gasteiger partial charge in [-0.1, -0.05) is 35.5 Å². The Kier molecular flexibility index (Phi) is 7.94. The number of hydrogen-bond acceptors (Lipinski definition) is 4. The third-order valence-corrected chi connectivity index (χ3v) is 3.31. The quantitative estimate of drug-likeness (QED) is 0.577. The molecule has 0 radical (unpaired) electrons. The third kappa shape index (κ3) is 7.44. The van der Waals surface area contributed by atoms with E-state index < -0.39 is 18.0 Å². The minimum atomic E-state index is -0.748. The molecule has 0 aliphatic rings. The van der Waals surface area contributed by atoms with Crippen LogP contribution in [0.3, 0.4) is 0 Å². The first-order chi connectivity index (χ1) is 10.4. The number of aliphatic hydroxyl groups excluding tert-OH is 1. The topological polar surface area (TPSA) is 90.8 Å². The number of urea groups is 1. The highest BCUT2D eigenvalue weighted by molar-refractivity contribution is 8.13. The smallest absolute Gasteiger partial charge is 0.343 e. The molecule has 8 heteroatoms. The summed E-state index contributed by atoms with van der Waals surface area (Å²) < 4.78 is 0. The van der Waals surface area contributed by atoms with Crippen LogP contribution in [0.25, 0.3) is 0 Å². The van der Waals surface area contributed by atoms with Crippen LogP contribution in [-0.4, -0.2) is 34.6 Å². The Bertz CT molecular complexity index is 547. The number of amides is 3. The van der Waals surface area contributed by atoms with Gasteiger partial charge in [0.25, 0.3) is 0 Å². The number of benzene rings is 1. The molecule has 1 aromatic rings. The molecule has 3 N–H and O–H groups in total. The predicted octanol–water partition coefficient (Wildman–Crippen LogP) is 2.16. The lowest BCUT2D eigenvalue weighted by molar-refractivity contribution is -0.121. The lowest BCUT2D eigenvalue weighted by Crippen LogP contribution is -2.32. The van der Waals surface area contributed by atoms with Crippen molar-refractivity contribution in [1.29, 1.82) is 0 Å². The summed E-state index contributed by atoms with van der Waals surface area (Å²) in [7, 11) is 0. The van der Waals surface area contributed by atoms with Crippen molar-refractivity contribution < 1.29 is 14.7 Å². The maximum absolute atomic E-state index is 11.7. The normalized spacial score (nSPS) is 12.6. The number of rotatable bonds is 4. The van der Waals surface area contributed by atoms with Gasteiger partial charge in [0.1, 0.15) is 0 Å². The second-order valence-corrected chi connectivity index (χ2v) is 5.74. The van der Waals surface area contributed by atoms with Gasteiger partial charge in [0.2, 0.25) is 5.91 Å². The van der Waals surface area contributed by atoms with Crippen LogP contribution in [0.1, 0.15) is 18.9 Å².